The molecule has 2 aromatic carbocycles. The van der Waals surface area contributed by atoms with Crippen molar-refractivity contribution in [2.45, 2.75) is 25.8 Å². The minimum absolute atomic E-state index is 0.00717. The lowest BCUT2D eigenvalue weighted by Gasteiger charge is -2.14. The van der Waals surface area contributed by atoms with E-state index in [1.165, 1.54) is 35.5 Å². The largest absolute Gasteiger partial charge is 0.478 e. The first kappa shape index (κ1) is 24.2. The van der Waals surface area contributed by atoms with Gasteiger partial charge < -0.3 is 20.5 Å². The summed E-state index contributed by atoms with van der Waals surface area (Å²) in [6.07, 6.45) is 0.980. The predicted molar refractivity (Wildman–Crippen MR) is 132 cm³/mol. The van der Waals surface area contributed by atoms with Crippen molar-refractivity contribution in [3.63, 3.8) is 0 Å². The van der Waals surface area contributed by atoms with E-state index in [1.54, 1.807) is 5.38 Å². The summed E-state index contributed by atoms with van der Waals surface area (Å²) in [5, 5.41) is 16.6. The lowest BCUT2D eigenvalue weighted by Crippen LogP contribution is -2.26. The number of thiazole rings is 1. The fraction of sp³-hybridized carbons (Fsp3) is 0.231. The van der Waals surface area contributed by atoms with Crippen molar-refractivity contribution in [3.05, 3.63) is 87.4 Å². The monoisotopic (exact) mass is 491 g/mol. The average Bonchev–Trinajstić information content (AvgIpc) is 3.43. The second kappa shape index (κ2) is 11.0. The molecule has 2 amide bonds. The van der Waals surface area contributed by atoms with Gasteiger partial charge in [0.05, 0.1) is 18.7 Å². The normalized spacial score (nSPS) is 12.5. The van der Waals surface area contributed by atoms with Gasteiger partial charge in [-0.25, -0.2) is 14.6 Å². The number of ether oxygens (including phenoxy) is 1. The van der Waals surface area contributed by atoms with Crippen LogP contribution in [0.5, 0.6) is 0 Å². The number of aliphatic carboxylic acids is 1. The van der Waals surface area contributed by atoms with Crippen molar-refractivity contribution >= 4 is 29.3 Å². The number of benzene rings is 2. The predicted octanol–water partition coefficient (Wildman–Crippen LogP) is 3.87. The standard InChI is InChI=1S/C26H25N3O5S/c1-16(25(31)32)10-11-27-23(30)12-17-15-35-24(29-17)13-28-26(33)34-14-22-20-8-4-2-6-18(20)19-7-3-5-9-21(19)22/h2-10,15,22H,11-14H2,1H3,(H,27,30)(H,28,33)(H,31,32)/b16-10+. The molecule has 1 aromatic heterocycles. The highest BCUT2D eigenvalue weighted by Gasteiger charge is 2.29. The van der Waals surface area contributed by atoms with Crippen molar-refractivity contribution in [1.82, 2.24) is 15.6 Å². The van der Waals surface area contributed by atoms with Crippen LogP contribution in [0.1, 0.15) is 34.7 Å². The van der Waals surface area contributed by atoms with Crippen LogP contribution in [0.15, 0.2) is 65.6 Å². The zero-order valence-corrected chi connectivity index (χ0v) is 19.9. The van der Waals surface area contributed by atoms with E-state index in [4.69, 9.17) is 9.84 Å². The summed E-state index contributed by atoms with van der Waals surface area (Å²) in [7, 11) is 0. The molecule has 0 aliphatic heterocycles. The van der Waals surface area contributed by atoms with Crippen LogP contribution in [-0.4, -0.2) is 41.2 Å². The van der Waals surface area contributed by atoms with Crippen molar-refractivity contribution in [3.8, 4) is 11.1 Å². The minimum atomic E-state index is -1.02. The number of carbonyl (C=O) groups excluding carboxylic acids is 2. The molecule has 0 atom stereocenters. The summed E-state index contributed by atoms with van der Waals surface area (Å²) >= 11 is 1.34. The van der Waals surface area contributed by atoms with Crippen LogP contribution in [0, 0.1) is 0 Å². The number of carbonyl (C=O) groups is 3. The summed E-state index contributed by atoms with van der Waals surface area (Å²) in [5.74, 6) is -1.29. The maximum absolute atomic E-state index is 12.3. The summed E-state index contributed by atoms with van der Waals surface area (Å²) < 4.78 is 5.53. The molecule has 0 unspecified atom stereocenters. The van der Waals surface area contributed by atoms with Gasteiger partial charge >= 0.3 is 12.1 Å². The van der Waals surface area contributed by atoms with Crippen LogP contribution < -0.4 is 10.6 Å². The van der Waals surface area contributed by atoms with Gasteiger partial charge in [-0.2, -0.15) is 0 Å². The molecule has 8 nitrogen and oxygen atoms in total. The Balaban J connectivity index is 1.24. The molecule has 0 saturated heterocycles. The Labute approximate surface area is 206 Å². The van der Waals surface area contributed by atoms with Gasteiger partial charge in [-0.3, -0.25) is 4.79 Å². The highest BCUT2D eigenvalue weighted by Crippen LogP contribution is 2.44. The molecule has 0 fully saturated rings. The van der Waals surface area contributed by atoms with E-state index in [2.05, 4.69) is 39.9 Å². The lowest BCUT2D eigenvalue weighted by molar-refractivity contribution is -0.132. The minimum Gasteiger partial charge on any atom is -0.478 e. The van der Waals surface area contributed by atoms with Crippen LogP contribution in [0.2, 0.25) is 0 Å². The van der Waals surface area contributed by atoms with E-state index < -0.39 is 12.1 Å². The van der Waals surface area contributed by atoms with E-state index in [9.17, 15) is 14.4 Å². The average molecular weight is 492 g/mol. The molecule has 0 spiro atoms. The molecule has 3 aromatic rings. The van der Waals surface area contributed by atoms with E-state index in [-0.39, 0.29) is 43.5 Å². The molecule has 0 saturated carbocycles. The summed E-state index contributed by atoms with van der Waals surface area (Å²) in [5.41, 5.74) is 5.39. The number of carboxylic acid groups (broad SMARTS) is 1. The number of hydrogen-bond donors (Lipinski definition) is 3. The van der Waals surface area contributed by atoms with Gasteiger partial charge in [0.2, 0.25) is 5.91 Å². The van der Waals surface area contributed by atoms with Gasteiger partial charge in [-0.1, -0.05) is 54.6 Å². The van der Waals surface area contributed by atoms with Crippen LogP contribution in [0.3, 0.4) is 0 Å². The van der Waals surface area contributed by atoms with Crippen molar-refractivity contribution in [2.24, 2.45) is 0 Å². The summed E-state index contributed by atoms with van der Waals surface area (Å²) in [4.78, 5) is 39.5. The highest BCUT2D eigenvalue weighted by molar-refractivity contribution is 7.09. The molecule has 9 heteroatoms. The maximum Gasteiger partial charge on any atom is 0.407 e. The van der Waals surface area contributed by atoms with Crippen LogP contribution in [0.25, 0.3) is 11.1 Å². The molecular formula is C26H25N3O5S. The smallest absolute Gasteiger partial charge is 0.407 e. The number of aromatic nitrogens is 1. The van der Waals surface area contributed by atoms with Crippen LogP contribution in [-0.2, 0) is 27.3 Å². The van der Waals surface area contributed by atoms with E-state index in [1.807, 2.05) is 24.3 Å². The number of carboxylic acids is 1. The summed E-state index contributed by atoms with van der Waals surface area (Å²) in [6.45, 7) is 2.03. The Kier molecular flexibility index (Phi) is 7.57. The first-order valence-corrected chi connectivity index (χ1v) is 12.0. The molecule has 35 heavy (non-hydrogen) atoms. The Hall–Kier alpha value is -3.98. The van der Waals surface area contributed by atoms with E-state index >= 15 is 0 Å². The number of hydrogen-bond acceptors (Lipinski definition) is 6. The Morgan fingerprint density at radius 3 is 2.37 bits per heavy atom. The van der Waals surface area contributed by atoms with Crippen LogP contribution >= 0.6 is 11.3 Å². The van der Waals surface area contributed by atoms with Gasteiger partial charge in [0.15, 0.2) is 0 Å². The van der Waals surface area contributed by atoms with Gasteiger partial charge in [-0.05, 0) is 29.2 Å². The number of nitrogens with one attached hydrogen (secondary N) is 2. The Morgan fingerprint density at radius 1 is 1.06 bits per heavy atom. The first-order chi connectivity index (χ1) is 16.9. The van der Waals surface area contributed by atoms with Crippen LogP contribution in [0.4, 0.5) is 4.79 Å². The molecule has 0 radical (unpaired) electrons. The number of rotatable bonds is 9. The molecule has 4 rings (SSSR count). The summed E-state index contributed by atoms with van der Waals surface area (Å²) in [6, 6.07) is 16.3. The Morgan fingerprint density at radius 2 is 1.71 bits per heavy atom. The van der Waals surface area contributed by atoms with E-state index in [0.29, 0.717) is 10.7 Å². The third kappa shape index (κ3) is 5.93. The second-order valence-electron chi connectivity index (χ2n) is 8.08. The Bertz CT molecular complexity index is 1240. The van der Waals surface area contributed by atoms with Gasteiger partial charge in [0.1, 0.15) is 11.6 Å². The zero-order chi connectivity index (χ0) is 24.8. The number of amides is 2. The molecule has 1 aliphatic rings. The quantitative estimate of drug-likeness (QED) is 0.391. The lowest BCUT2D eigenvalue weighted by atomic mass is 9.98. The molecular weight excluding hydrogens is 466 g/mol. The van der Waals surface area contributed by atoms with Crippen molar-refractivity contribution < 1.29 is 24.2 Å². The first-order valence-electron chi connectivity index (χ1n) is 11.1. The topological polar surface area (TPSA) is 118 Å². The molecule has 0 bridgehead atoms. The maximum atomic E-state index is 12.3. The molecule has 180 valence electrons. The van der Waals surface area contributed by atoms with E-state index in [0.717, 1.165) is 11.1 Å². The molecule has 3 N–H and O–H groups in total. The van der Waals surface area contributed by atoms with Crippen molar-refractivity contribution in [1.29, 1.82) is 0 Å². The second-order valence-corrected chi connectivity index (χ2v) is 9.03. The van der Waals surface area contributed by atoms with Gasteiger partial charge in [0, 0.05) is 23.4 Å². The van der Waals surface area contributed by atoms with Crippen molar-refractivity contribution in [2.75, 3.05) is 13.2 Å². The number of fused-ring (bicyclic) bond motifs is 3. The number of nitrogens with zero attached hydrogens (tertiary/aromatic N) is 1. The molecule has 1 aliphatic carbocycles. The van der Waals surface area contributed by atoms with Gasteiger partial charge in [0.25, 0.3) is 0 Å². The zero-order valence-electron chi connectivity index (χ0n) is 19.1. The third-order valence-electron chi connectivity index (χ3n) is 5.71. The van der Waals surface area contributed by atoms with Gasteiger partial charge in [-0.15, -0.1) is 11.3 Å². The highest BCUT2D eigenvalue weighted by atomic mass is 32.1. The molecule has 1 heterocycles. The fourth-order valence-corrected chi connectivity index (χ4v) is 4.67. The number of alkyl carbamates (subject to hydrolysis) is 1. The SMILES string of the molecule is C/C(=C\CNC(=O)Cc1csc(CNC(=O)OCC2c3ccccc3-c3ccccc32)n1)C(=O)O. The third-order valence-corrected chi connectivity index (χ3v) is 6.61. The fourth-order valence-electron chi connectivity index (χ4n) is 3.94.